The van der Waals surface area contributed by atoms with Gasteiger partial charge < -0.3 is 14.2 Å². The summed E-state index contributed by atoms with van der Waals surface area (Å²) in [6.07, 6.45) is 58.0. The van der Waals surface area contributed by atoms with E-state index in [0.29, 0.717) is 19.3 Å². The summed E-state index contributed by atoms with van der Waals surface area (Å²) >= 11 is 0. The number of rotatable bonds is 54. The van der Waals surface area contributed by atoms with Crippen LogP contribution in [-0.2, 0) is 28.6 Å². The predicted molar refractivity (Wildman–Crippen MR) is 280 cm³/mol. The molecule has 0 bridgehead atoms. The molecule has 386 valence electrons. The zero-order chi connectivity index (χ0) is 47.4. The van der Waals surface area contributed by atoms with Crippen molar-refractivity contribution in [3.63, 3.8) is 0 Å². The second-order valence-corrected chi connectivity index (χ2v) is 20.8. The Balaban J connectivity index is 4.29. The summed E-state index contributed by atoms with van der Waals surface area (Å²) in [6, 6.07) is 0. The van der Waals surface area contributed by atoms with Gasteiger partial charge in [0, 0.05) is 19.3 Å². The minimum Gasteiger partial charge on any atom is -0.462 e. The monoisotopic (exact) mass is 919 g/mol. The summed E-state index contributed by atoms with van der Waals surface area (Å²) in [7, 11) is 0. The third-order valence-electron chi connectivity index (χ3n) is 13.5. The van der Waals surface area contributed by atoms with Crippen molar-refractivity contribution >= 4 is 17.9 Å². The van der Waals surface area contributed by atoms with Gasteiger partial charge in [-0.2, -0.15) is 0 Å². The zero-order valence-electron chi connectivity index (χ0n) is 44.5. The van der Waals surface area contributed by atoms with Crippen LogP contribution in [0.4, 0.5) is 0 Å². The standard InChI is InChI=1S/C59H114O6/c1-5-7-9-11-13-15-17-19-21-22-23-27-32-36-40-44-48-52-59(62)65-56(53-63-57(60)50-46-42-38-34-30-26-20-18-16-14-12-10-8-6-2)54-64-58(61)51-47-43-39-35-31-28-24-25-29-33-37-41-45-49-55(3)4/h55-56H,5-54H2,1-4H3/t56-/m1/s1. The maximum atomic E-state index is 12.9. The lowest BCUT2D eigenvalue weighted by Gasteiger charge is -2.18. The normalized spacial score (nSPS) is 12.0. The molecule has 0 aromatic carbocycles. The number of esters is 3. The van der Waals surface area contributed by atoms with Crippen LogP contribution in [0.5, 0.6) is 0 Å². The van der Waals surface area contributed by atoms with Crippen molar-refractivity contribution in [2.75, 3.05) is 13.2 Å². The first-order valence-corrected chi connectivity index (χ1v) is 29.4. The zero-order valence-corrected chi connectivity index (χ0v) is 44.5. The molecule has 0 rings (SSSR count). The molecule has 0 aliphatic heterocycles. The van der Waals surface area contributed by atoms with Gasteiger partial charge in [0.05, 0.1) is 0 Å². The fourth-order valence-electron chi connectivity index (χ4n) is 9.10. The molecule has 0 heterocycles. The minimum atomic E-state index is -0.762. The summed E-state index contributed by atoms with van der Waals surface area (Å²) in [5.74, 6) is 0.00615. The molecule has 0 aliphatic rings. The largest absolute Gasteiger partial charge is 0.462 e. The van der Waals surface area contributed by atoms with Gasteiger partial charge in [-0.1, -0.05) is 297 Å². The predicted octanol–water partition coefficient (Wildman–Crippen LogP) is 19.4. The fourth-order valence-corrected chi connectivity index (χ4v) is 9.10. The van der Waals surface area contributed by atoms with Crippen molar-refractivity contribution in [2.45, 2.75) is 342 Å². The Bertz CT molecular complexity index is 980. The van der Waals surface area contributed by atoms with Gasteiger partial charge in [0.1, 0.15) is 13.2 Å². The van der Waals surface area contributed by atoms with Gasteiger partial charge in [0.25, 0.3) is 0 Å². The van der Waals surface area contributed by atoms with E-state index in [0.717, 1.165) is 63.7 Å². The molecule has 0 radical (unpaired) electrons. The van der Waals surface area contributed by atoms with Gasteiger partial charge in [-0.15, -0.1) is 0 Å². The lowest BCUT2D eigenvalue weighted by atomic mass is 10.0. The quantitative estimate of drug-likeness (QED) is 0.0344. The first-order chi connectivity index (χ1) is 31.9. The highest BCUT2D eigenvalue weighted by molar-refractivity contribution is 5.71. The van der Waals surface area contributed by atoms with Crippen molar-refractivity contribution in [2.24, 2.45) is 5.92 Å². The van der Waals surface area contributed by atoms with Crippen molar-refractivity contribution in [3.05, 3.63) is 0 Å². The van der Waals surface area contributed by atoms with Crippen LogP contribution in [0, 0.1) is 5.92 Å². The van der Waals surface area contributed by atoms with Gasteiger partial charge in [0.2, 0.25) is 0 Å². The summed E-state index contributed by atoms with van der Waals surface area (Å²) in [4.78, 5) is 38.2. The summed E-state index contributed by atoms with van der Waals surface area (Å²) in [5.41, 5.74) is 0. The highest BCUT2D eigenvalue weighted by Crippen LogP contribution is 2.18. The lowest BCUT2D eigenvalue weighted by molar-refractivity contribution is -0.167. The number of carbonyl (C=O) groups excluding carboxylic acids is 3. The molecule has 0 unspecified atom stereocenters. The Labute approximate surface area is 406 Å². The second kappa shape index (κ2) is 53.4. The number of carbonyl (C=O) groups is 3. The van der Waals surface area contributed by atoms with Gasteiger partial charge in [-0.3, -0.25) is 14.4 Å². The van der Waals surface area contributed by atoms with Crippen molar-refractivity contribution < 1.29 is 28.6 Å². The van der Waals surface area contributed by atoms with E-state index < -0.39 is 6.10 Å². The van der Waals surface area contributed by atoms with Crippen molar-refractivity contribution in [3.8, 4) is 0 Å². The van der Waals surface area contributed by atoms with Gasteiger partial charge >= 0.3 is 17.9 Å². The summed E-state index contributed by atoms with van der Waals surface area (Å²) < 4.78 is 16.9. The van der Waals surface area contributed by atoms with Gasteiger partial charge in [-0.05, 0) is 25.2 Å². The van der Waals surface area contributed by atoms with Crippen LogP contribution in [0.15, 0.2) is 0 Å². The first kappa shape index (κ1) is 63.4. The van der Waals surface area contributed by atoms with Gasteiger partial charge in [-0.25, -0.2) is 0 Å². The molecule has 0 N–H and O–H groups in total. The molecule has 6 heteroatoms. The maximum absolute atomic E-state index is 12.9. The molecule has 0 aromatic heterocycles. The van der Waals surface area contributed by atoms with E-state index in [1.165, 1.54) is 231 Å². The van der Waals surface area contributed by atoms with Crippen LogP contribution in [-0.4, -0.2) is 37.2 Å². The average Bonchev–Trinajstić information content (AvgIpc) is 3.29. The second-order valence-electron chi connectivity index (χ2n) is 20.8. The summed E-state index contributed by atoms with van der Waals surface area (Å²) in [5, 5.41) is 0. The van der Waals surface area contributed by atoms with Crippen LogP contribution in [0.25, 0.3) is 0 Å². The third kappa shape index (κ3) is 53.2. The van der Waals surface area contributed by atoms with Crippen LogP contribution in [0.3, 0.4) is 0 Å². The average molecular weight is 920 g/mol. The fraction of sp³-hybridized carbons (Fsp3) is 0.949. The smallest absolute Gasteiger partial charge is 0.306 e. The molecule has 0 aromatic rings. The maximum Gasteiger partial charge on any atom is 0.306 e. The van der Waals surface area contributed by atoms with Gasteiger partial charge in [0.15, 0.2) is 6.10 Å². The number of hydrogen-bond donors (Lipinski definition) is 0. The van der Waals surface area contributed by atoms with Crippen molar-refractivity contribution in [1.29, 1.82) is 0 Å². The van der Waals surface area contributed by atoms with E-state index in [4.69, 9.17) is 14.2 Å². The highest BCUT2D eigenvalue weighted by Gasteiger charge is 2.19. The Morgan fingerprint density at radius 2 is 0.508 bits per heavy atom. The molecule has 6 nitrogen and oxygen atoms in total. The molecule has 0 spiro atoms. The minimum absolute atomic E-state index is 0.0617. The highest BCUT2D eigenvalue weighted by atomic mass is 16.6. The van der Waals surface area contributed by atoms with E-state index in [9.17, 15) is 14.4 Å². The Hall–Kier alpha value is -1.59. The van der Waals surface area contributed by atoms with E-state index in [1.54, 1.807) is 0 Å². The Kier molecular flexibility index (Phi) is 52.1. The molecule has 0 amide bonds. The third-order valence-corrected chi connectivity index (χ3v) is 13.5. The molecule has 0 saturated carbocycles. The Morgan fingerprint density at radius 3 is 0.754 bits per heavy atom. The van der Waals surface area contributed by atoms with E-state index >= 15 is 0 Å². The SMILES string of the molecule is CCCCCCCCCCCCCCCCCCCC(=O)O[C@H](COC(=O)CCCCCCCCCCCCCCCC)COC(=O)CCCCCCCCCCCCCCCC(C)C. The Morgan fingerprint density at radius 1 is 0.292 bits per heavy atom. The van der Waals surface area contributed by atoms with E-state index in [-0.39, 0.29) is 31.1 Å². The first-order valence-electron chi connectivity index (χ1n) is 29.4. The molecule has 1 atom stereocenters. The molecule has 0 fully saturated rings. The molecule has 0 saturated heterocycles. The van der Waals surface area contributed by atoms with Crippen LogP contribution >= 0.6 is 0 Å². The topological polar surface area (TPSA) is 78.9 Å². The number of unbranched alkanes of at least 4 members (excludes halogenated alkanes) is 41. The van der Waals surface area contributed by atoms with Crippen molar-refractivity contribution in [1.82, 2.24) is 0 Å². The van der Waals surface area contributed by atoms with Crippen LogP contribution in [0.1, 0.15) is 336 Å². The molecule has 0 aliphatic carbocycles. The molecular weight excluding hydrogens is 805 g/mol. The molecule has 65 heavy (non-hydrogen) atoms. The van der Waals surface area contributed by atoms with Crippen LogP contribution in [0.2, 0.25) is 0 Å². The van der Waals surface area contributed by atoms with E-state index in [1.807, 2.05) is 0 Å². The van der Waals surface area contributed by atoms with Crippen LogP contribution < -0.4 is 0 Å². The molecular formula is C59H114O6. The number of hydrogen-bond acceptors (Lipinski definition) is 6. The summed E-state index contributed by atoms with van der Waals surface area (Å²) in [6.45, 7) is 9.07. The number of ether oxygens (including phenoxy) is 3. The lowest BCUT2D eigenvalue weighted by Crippen LogP contribution is -2.30. The van der Waals surface area contributed by atoms with E-state index in [2.05, 4.69) is 27.7 Å².